The van der Waals surface area contributed by atoms with Crippen LogP contribution >= 0.6 is 0 Å². The molecule has 7 nitrogen and oxygen atoms in total. The Morgan fingerprint density at radius 2 is 1.88 bits per heavy atom. The summed E-state index contributed by atoms with van der Waals surface area (Å²) in [5, 5.41) is 5.86. The number of carbonyl (C=O) groups excluding carboxylic acids is 2. The number of aromatic nitrogens is 2. The fraction of sp³-hybridized carbons (Fsp3) is 0.542. The third kappa shape index (κ3) is 4.78. The highest BCUT2D eigenvalue weighted by Gasteiger charge is 2.38. The predicted octanol–water partition coefficient (Wildman–Crippen LogP) is 3.09. The van der Waals surface area contributed by atoms with Crippen molar-refractivity contribution < 1.29 is 18.4 Å². The molecular weight excluding hydrogens is 428 g/mol. The first-order valence-corrected chi connectivity index (χ1v) is 11.3. The van der Waals surface area contributed by atoms with Gasteiger partial charge < -0.3 is 15.2 Å². The maximum Gasteiger partial charge on any atom is 0.272 e. The number of carbonyl (C=O) groups is 2. The molecule has 1 aromatic heterocycles. The zero-order chi connectivity index (χ0) is 24.1. The zero-order valence-corrected chi connectivity index (χ0v) is 19.7. The smallest absolute Gasteiger partial charge is 0.272 e. The number of nitrogens with zero attached hydrogens (tertiary/aromatic N) is 3. The SMILES string of the molecule is CC1Cn2c(-c3ccc(F)c(F)c3)nc(C(=O)NC(C(=O)NC3CC3)C(C)(C)C)c2CN1C. The second-order valence-electron chi connectivity index (χ2n) is 10.3. The Kier molecular flexibility index (Phi) is 6.03. The zero-order valence-electron chi connectivity index (χ0n) is 19.7. The summed E-state index contributed by atoms with van der Waals surface area (Å²) in [4.78, 5) is 32.9. The third-order valence-electron chi connectivity index (χ3n) is 6.39. The van der Waals surface area contributed by atoms with Gasteiger partial charge in [0.25, 0.3) is 5.91 Å². The molecule has 0 spiro atoms. The van der Waals surface area contributed by atoms with Crippen molar-refractivity contribution in [3.8, 4) is 11.4 Å². The van der Waals surface area contributed by atoms with Gasteiger partial charge in [-0.15, -0.1) is 0 Å². The number of imidazole rings is 1. The number of fused-ring (bicyclic) bond motifs is 1. The lowest BCUT2D eigenvalue weighted by molar-refractivity contribution is -0.125. The summed E-state index contributed by atoms with van der Waals surface area (Å²) < 4.78 is 29.4. The minimum Gasteiger partial charge on any atom is -0.352 e. The van der Waals surface area contributed by atoms with E-state index in [0.29, 0.717) is 30.2 Å². The monoisotopic (exact) mass is 459 g/mol. The third-order valence-corrected chi connectivity index (χ3v) is 6.39. The molecule has 2 N–H and O–H groups in total. The highest BCUT2D eigenvalue weighted by molar-refractivity contribution is 5.98. The molecule has 2 unspecified atom stereocenters. The highest BCUT2D eigenvalue weighted by Crippen LogP contribution is 2.30. The van der Waals surface area contributed by atoms with E-state index in [-0.39, 0.29) is 23.7 Å². The summed E-state index contributed by atoms with van der Waals surface area (Å²) in [6.07, 6.45) is 1.90. The first kappa shape index (κ1) is 23.4. The van der Waals surface area contributed by atoms with Gasteiger partial charge in [0.1, 0.15) is 11.9 Å². The van der Waals surface area contributed by atoms with Gasteiger partial charge in [0, 0.05) is 30.7 Å². The van der Waals surface area contributed by atoms with Crippen LogP contribution in [0.3, 0.4) is 0 Å². The molecule has 4 rings (SSSR count). The molecule has 0 bridgehead atoms. The molecule has 0 saturated heterocycles. The van der Waals surface area contributed by atoms with Crippen molar-refractivity contribution >= 4 is 11.8 Å². The Balaban J connectivity index is 1.71. The van der Waals surface area contributed by atoms with E-state index >= 15 is 0 Å². The molecule has 1 aliphatic heterocycles. The molecule has 0 radical (unpaired) electrons. The van der Waals surface area contributed by atoms with Crippen molar-refractivity contribution in [3.63, 3.8) is 0 Å². The fourth-order valence-corrected chi connectivity index (χ4v) is 4.06. The van der Waals surface area contributed by atoms with Crippen LogP contribution in [0.5, 0.6) is 0 Å². The average Bonchev–Trinajstić information content (AvgIpc) is 3.47. The lowest BCUT2D eigenvalue weighted by Crippen LogP contribution is -2.54. The van der Waals surface area contributed by atoms with Gasteiger partial charge in [-0.1, -0.05) is 20.8 Å². The van der Waals surface area contributed by atoms with E-state index in [2.05, 4.69) is 27.4 Å². The summed E-state index contributed by atoms with van der Waals surface area (Å²) in [6, 6.07) is 3.21. The number of rotatable bonds is 5. The molecule has 1 saturated carbocycles. The van der Waals surface area contributed by atoms with Crippen LogP contribution in [-0.4, -0.2) is 51.4 Å². The van der Waals surface area contributed by atoms with Crippen molar-refractivity contribution in [1.29, 1.82) is 0 Å². The topological polar surface area (TPSA) is 79.3 Å². The van der Waals surface area contributed by atoms with E-state index in [4.69, 9.17) is 0 Å². The second-order valence-corrected chi connectivity index (χ2v) is 10.3. The van der Waals surface area contributed by atoms with Crippen molar-refractivity contribution in [2.45, 2.75) is 71.8 Å². The van der Waals surface area contributed by atoms with Crippen molar-refractivity contribution in [2.24, 2.45) is 5.41 Å². The number of amides is 2. The summed E-state index contributed by atoms with van der Waals surface area (Å²) in [7, 11) is 1.96. The van der Waals surface area contributed by atoms with Crippen LogP contribution in [0.2, 0.25) is 0 Å². The number of likely N-dealkylation sites (N-methyl/N-ethyl adjacent to an activating group) is 1. The van der Waals surface area contributed by atoms with Crippen LogP contribution in [0.25, 0.3) is 11.4 Å². The molecule has 2 heterocycles. The first-order valence-electron chi connectivity index (χ1n) is 11.3. The molecule has 2 atom stereocenters. The van der Waals surface area contributed by atoms with E-state index in [9.17, 15) is 18.4 Å². The van der Waals surface area contributed by atoms with Gasteiger partial charge in [0.05, 0.1) is 5.69 Å². The number of hydrogen-bond acceptors (Lipinski definition) is 4. The van der Waals surface area contributed by atoms with Gasteiger partial charge in [-0.3, -0.25) is 14.5 Å². The predicted molar refractivity (Wildman–Crippen MR) is 120 cm³/mol. The molecule has 178 valence electrons. The second kappa shape index (κ2) is 8.52. The van der Waals surface area contributed by atoms with Gasteiger partial charge in [-0.05, 0) is 50.4 Å². The molecule has 1 aliphatic carbocycles. The summed E-state index contributed by atoms with van der Waals surface area (Å²) in [6.45, 7) is 8.76. The molecular formula is C24H31F2N5O2. The van der Waals surface area contributed by atoms with Gasteiger partial charge >= 0.3 is 0 Å². The number of benzene rings is 1. The Bertz CT molecular complexity index is 1090. The summed E-state index contributed by atoms with van der Waals surface area (Å²) >= 11 is 0. The fourth-order valence-electron chi connectivity index (χ4n) is 4.06. The summed E-state index contributed by atoms with van der Waals surface area (Å²) in [5.41, 5.74) is 0.762. The largest absolute Gasteiger partial charge is 0.352 e. The number of nitrogens with one attached hydrogen (secondary N) is 2. The van der Waals surface area contributed by atoms with Crippen molar-refractivity contribution in [3.05, 3.63) is 41.2 Å². The van der Waals surface area contributed by atoms with Gasteiger partial charge in [-0.2, -0.15) is 0 Å². The highest BCUT2D eigenvalue weighted by atomic mass is 19.2. The average molecular weight is 460 g/mol. The van der Waals surface area contributed by atoms with Crippen LogP contribution in [0, 0.1) is 17.0 Å². The van der Waals surface area contributed by atoms with E-state index in [1.165, 1.54) is 6.07 Å². The van der Waals surface area contributed by atoms with Crippen LogP contribution < -0.4 is 10.6 Å². The Morgan fingerprint density at radius 1 is 1.18 bits per heavy atom. The summed E-state index contributed by atoms with van der Waals surface area (Å²) in [5.74, 6) is -2.17. The maximum absolute atomic E-state index is 14.0. The van der Waals surface area contributed by atoms with E-state index in [1.807, 2.05) is 32.4 Å². The van der Waals surface area contributed by atoms with Gasteiger partial charge in [0.15, 0.2) is 17.3 Å². The van der Waals surface area contributed by atoms with Crippen LogP contribution in [0.4, 0.5) is 8.78 Å². The maximum atomic E-state index is 14.0. The van der Waals surface area contributed by atoms with Gasteiger partial charge in [0.2, 0.25) is 5.91 Å². The van der Waals surface area contributed by atoms with E-state index in [1.54, 1.807) is 0 Å². The lowest BCUT2D eigenvalue weighted by atomic mass is 9.86. The standard InChI is InChI=1S/C24H31F2N5O2/c1-13-11-31-18(12-30(13)5)19(28-21(31)14-6-9-16(25)17(26)10-14)22(32)29-20(24(2,3)4)23(33)27-15-7-8-15/h6,9-10,13,15,20H,7-8,11-12H2,1-5H3,(H,27,33)(H,29,32). The Hall–Kier alpha value is -2.81. The molecule has 9 heteroatoms. The molecule has 2 aromatic rings. The molecule has 1 fully saturated rings. The minimum atomic E-state index is -0.971. The quantitative estimate of drug-likeness (QED) is 0.720. The van der Waals surface area contributed by atoms with Crippen molar-refractivity contribution in [1.82, 2.24) is 25.1 Å². The molecule has 1 aromatic carbocycles. The van der Waals surface area contributed by atoms with Gasteiger partial charge in [-0.25, -0.2) is 13.8 Å². The Labute approximate surface area is 192 Å². The van der Waals surface area contributed by atoms with Crippen molar-refractivity contribution in [2.75, 3.05) is 7.05 Å². The number of halogens is 2. The minimum absolute atomic E-state index is 0.165. The molecule has 2 amide bonds. The number of hydrogen-bond donors (Lipinski definition) is 2. The molecule has 33 heavy (non-hydrogen) atoms. The van der Waals surface area contributed by atoms with Crippen LogP contribution in [-0.2, 0) is 17.9 Å². The lowest BCUT2D eigenvalue weighted by Gasteiger charge is -2.33. The molecule has 2 aliphatic rings. The van der Waals surface area contributed by atoms with E-state index < -0.39 is 29.0 Å². The Morgan fingerprint density at radius 3 is 2.48 bits per heavy atom. The van der Waals surface area contributed by atoms with Crippen LogP contribution in [0.15, 0.2) is 18.2 Å². The normalized spacial score (nSPS) is 19.7. The van der Waals surface area contributed by atoms with E-state index in [0.717, 1.165) is 25.0 Å². The first-order chi connectivity index (χ1) is 15.5. The van der Waals surface area contributed by atoms with Crippen LogP contribution in [0.1, 0.15) is 56.7 Å².